The maximum Gasteiger partial charge on any atom is 0.279 e. The number of hydrogen-bond donors (Lipinski definition) is 1. The lowest BCUT2D eigenvalue weighted by Gasteiger charge is -2.10. The van der Waals surface area contributed by atoms with Gasteiger partial charge in [0, 0.05) is 43.4 Å². The molecule has 1 aromatic carbocycles. The number of nitro groups is 1. The molecule has 0 bridgehead atoms. The molecule has 1 aromatic heterocycles. The van der Waals surface area contributed by atoms with Crippen molar-refractivity contribution in [2.45, 2.75) is 0 Å². The summed E-state index contributed by atoms with van der Waals surface area (Å²) in [7, 11) is 3.58. The van der Waals surface area contributed by atoms with Gasteiger partial charge in [-0.15, -0.1) is 5.10 Å². The van der Waals surface area contributed by atoms with Crippen molar-refractivity contribution in [3.05, 3.63) is 40.1 Å². The number of aromatic nitrogens is 2. The van der Waals surface area contributed by atoms with Crippen molar-refractivity contribution in [3.63, 3.8) is 0 Å². The predicted molar refractivity (Wildman–Crippen MR) is 75.3 cm³/mol. The van der Waals surface area contributed by atoms with E-state index in [1.165, 1.54) is 24.3 Å². The maximum absolute atomic E-state index is 12.1. The van der Waals surface area contributed by atoms with Crippen LogP contribution in [0.1, 0.15) is 10.5 Å². The zero-order chi connectivity index (χ0) is 14.7. The number of anilines is 2. The normalized spacial score (nSPS) is 10.1. The van der Waals surface area contributed by atoms with Crippen LogP contribution in [-0.4, -0.2) is 34.5 Å². The Balaban J connectivity index is 2.15. The smallest absolute Gasteiger partial charge is 0.279 e. The van der Waals surface area contributed by atoms with Crippen LogP contribution in [0.5, 0.6) is 0 Å². The summed E-state index contributed by atoms with van der Waals surface area (Å²) in [5.74, 6) is -0.406. The molecule has 0 fully saturated rings. The third-order valence-electron chi connectivity index (χ3n) is 2.43. The van der Waals surface area contributed by atoms with Gasteiger partial charge in [0.1, 0.15) is 5.00 Å². The molecule has 2 rings (SSSR count). The quantitative estimate of drug-likeness (QED) is 0.681. The van der Waals surface area contributed by atoms with Crippen LogP contribution < -0.4 is 10.2 Å². The molecule has 0 saturated carbocycles. The van der Waals surface area contributed by atoms with Crippen LogP contribution in [0.15, 0.2) is 24.3 Å². The largest absolute Gasteiger partial charge is 0.366 e. The molecule has 1 heterocycles. The average Bonchev–Trinajstić information content (AvgIpc) is 2.88. The highest BCUT2D eigenvalue weighted by Gasteiger charge is 2.18. The van der Waals surface area contributed by atoms with Crippen molar-refractivity contribution in [1.29, 1.82) is 0 Å². The number of carbonyl (C=O) groups excluding carboxylic acids is 1. The minimum atomic E-state index is -0.500. The number of nitrogens with one attached hydrogen (secondary N) is 1. The van der Waals surface area contributed by atoms with E-state index in [1.54, 1.807) is 19.0 Å². The summed E-state index contributed by atoms with van der Waals surface area (Å²) in [6, 6.07) is 5.57. The molecule has 2 aromatic rings. The van der Waals surface area contributed by atoms with Gasteiger partial charge in [-0.25, -0.2) is 0 Å². The van der Waals surface area contributed by atoms with E-state index in [0.717, 1.165) is 11.5 Å². The Morgan fingerprint density at radius 3 is 2.55 bits per heavy atom. The molecule has 0 aliphatic rings. The number of carbonyl (C=O) groups is 1. The van der Waals surface area contributed by atoms with E-state index >= 15 is 0 Å². The lowest BCUT2D eigenvalue weighted by molar-refractivity contribution is -0.384. The fourth-order valence-electron chi connectivity index (χ4n) is 1.48. The van der Waals surface area contributed by atoms with E-state index in [0.29, 0.717) is 10.7 Å². The maximum atomic E-state index is 12.1. The molecule has 1 N–H and O–H groups in total. The topological polar surface area (TPSA) is 101 Å². The van der Waals surface area contributed by atoms with Gasteiger partial charge in [-0.05, 0) is 12.1 Å². The molecule has 20 heavy (non-hydrogen) atoms. The number of rotatable bonds is 4. The number of nitrogens with zero attached hydrogens (tertiary/aromatic N) is 4. The lowest BCUT2D eigenvalue weighted by atomic mass is 10.2. The third-order valence-corrected chi connectivity index (χ3v) is 3.32. The summed E-state index contributed by atoms with van der Waals surface area (Å²) in [6.45, 7) is 0. The molecule has 0 aliphatic heterocycles. The molecule has 0 saturated heterocycles. The van der Waals surface area contributed by atoms with Gasteiger partial charge in [-0.3, -0.25) is 14.9 Å². The summed E-state index contributed by atoms with van der Waals surface area (Å²) >= 11 is 1.12. The summed E-state index contributed by atoms with van der Waals surface area (Å²) in [6.07, 6.45) is 0. The van der Waals surface area contributed by atoms with Crippen molar-refractivity contribution in [2.24, 2.45) is 0 Å². The van der Waals surface area contributed by atoms with Crippen LogP contribution in [0, 0.1) is 10.1 Å². The van der Waals surface area contributed by atoms with Crippen LogP contribution in [0.4, 0.5) is 16.4 Å². The first-order valence-electron chi connectivity index (χ1n) is 5.54. The molecule has 104 valence electrons. The Bertz CT molecular complexity index is 638. The Kier molecular flexibility index (Phi) is 3.89. The number of amides is 1. The molecule has 0 spiro atoms. The molecule has 8 nitrogen and oxygen atoms in total. The average molecular weight is 293 g/mol. The van der Waals surface area contributed by atoms with Gasteiger partial charge in [0.05, 0.1) is 4.92 Å². The number of hydrogen-bond acceptors (Lipinski definition) is 7. The van der Waals surface area contributed by atoms with E-state index < -0.39 is 10.8 Å². The van der Waals surface area contributed by atoms with E-state index in [4.69, 9.17) is 0 Å². The Labute approximate surface area is 118 Å². The van der Waals surface area contributed by atoms with Crippen molar-refractivity contribution in [2.75, 3.05) is 24.3 Å². The Hall–Kier alpha value is -2.55. The van der Waals surface area contributed by atoms with E-state index in [-0.39, 0.29) is 11.4 Å². The number of nitro benzene ring substituents is 1. The molecule has 1 amide bonds. The third kappa shape index (κ3) is 2.88. The van der Waals surface area contributed by atoms with E-state index in [1.807, 2.05) is 0 Å². The Morgan fingerprint density at radius 2 is 2.00 bits per heavy atom. The molecule has 9 heteroatoms. The lowest BCUT2D eigenvalue weighted by Crippen LogP contribution is -2.17. The molecule has 0 aliphatic carbocycles. The van der Waals surface area contributed by atoms with Crippen LogP contribution in [0.3, 0.4) is 0 Å². The SMILES string of the molecule is CN(C)c1snnc1C(=O)Nc1ccc([N+](=O)[O-])cc1. The van der Waals surface area contributed by atoms with Gasteiger partial charge in [-0.2, -0.15) is 0 Å². The molecular weight excluding hydrogens is 282 g/mol. The molecule has 0 radical (unpaired) electrons. The second kappa shape index (κ2) is 5.61. The zero-order valence-electron chi connectivity index (χ0n) is 10.7. The first-order valence-corrected chi connectivity index (χ1v) is 6.32. The minimum Gasteiger partial charge on any atom is -0.366 e. The van der Waals surface area contributed by atoms with E-state index in [2.05, 4.69) is 14.9 Å². The van der Waals surface area contributed by atoms with Gasteiger partial charge in [-0.1, -0.05) is 4.49 Å². The summed E-state index contributed by atoms with van der Waals surface area (Å²) < 4.78 is 3.74. The van der Waals surface area contributed by atoms with Gasteiger partial charge in [0.15, 0.2) is 5.69 Å². The molecule has 0 atom stereocenters. The highest BCUT2D eigenvalue weighted by molar-refractivity contribution is 7.10. The van der Waals surface area contributed by atoms with Gasteiger partial charge < -0.3 is 10.2 Å². The van der Waals surface area contributed by atoms with Crippen LogP contribution in [0.2, 0.25) is 0 Å². The van der Waals surface area contributed by atoms with Gasteiger partial charge in [0.2, 0.25) is 0 Å². The van der Waals surface area contributed by atoms with Crippen LogP contribution in [-0.2, 0) is 0 Å². The van der Waals surface area contributed by atoms with Gasteiger partial charge in [0.25, 0.3) is 11.6 Å². The van der Waals surface area contributed by atoms with Crippen molar-refractivity contribution >= 4 is 33.8 Å². The summed E-state index contributed by atoms with van der Waals surface area (Å²) in [5, 5.41) is 17.6. The fourth-order valence-corrected chi connectivity index (χ4v) is 2.06. The number of non-ortho nitro benzene ring substituents is 1. The predicted octanol–water partition coefficient (Wildman–Crippen LogP) is 1.76. The fraction of sp³-hybridized carbons (Fsp3) is 0.182. The van der Waals surface area contributed by atoms with Gasteiger partial charge >= 0.3 is 0 Å². The molecular formula is C11H11N5O3S. The van der Waals surface area contributed by atoms with Crippen molar-refractivity contribution < 1.29 is 9.72 Å². The van der Waals surface area contributed by atoms with E-state index in [9.17, 15) is 14.9 Å². The first kappa shape index (κ1) is 13.9. The number of benzene rings is 1. The molecule has 0 unspecified atom stereocenters. The summed E-state index contributed by atoms with van der Waals surface area (Å²) in [4.78, 5) is 23.8. The zero-order valence-corrected chi connectivity index (χ0v) is 11.5. The second-order valence-electron chi connectivity index (χ2n) is 4.08. The van der Waals surface area contributed by atoms with Crippen molar-refractivity contribution in [1.82, 2.24) is 9.59 Å². The standard InChI is InChI=1S/C11H11N5O3S/c1-15(2)11-9(13-14-20-11)10(17)12-7-3-5-8(6-4-7)16(18)19/h3-6H,1-2H3,(H,12,17). The van der Waals surface area contributed by atoms with Crippen LogP contribution >= 0.6 is 11.5 Å². The monoisotopic (exact) mass is 293 g/mol. The Morgan fingerprint density at radius 1 is 1.35 bits per heavy atom. The highest BCUT2D eigenvalue weighted by Crippen LogP contribution is 2.22. The summed E-state index contributed by atoms with van der Waals surface area (Å²) in [5.41, 5.74) is 0.643. The first-order chi connectivity index (χ1) is 9.49. The minimum absolute atomic E-state index is 0.0349. The van der Waals surface area contributed by atoms with Crippen molar-refractivity contribution in [3.8, 4) is 0 Å². The second-order valence-corrected chi connectivity index (χ2v) is 4.81. The highest BCUT2D eigenvalue weighted by atomic mass is 32.1. The van der Waals surface area contributed by atoms with Crippen LogP contribution in [0.25, 0.3) is 0 Å².